The number of thioether (sulfide) groups is 1. The molecule has 0 bridgehead atoms. The van der Waals surface area contributed by atoms with E-state index in [1.165, 1.54) is 11.8 Å². The molecule has 0 aliphatic carbocycles. The molecule has 0 spiro atoms. The number of halogens is 2. The minimum Gasteiger partial charge on any atom is -0.300 e. The molecule has 0 fully saturated rings. The molecule has 0 unspecified atom stereocenters. The monoisotopic (exact) mass is 300 g/mol. The third kappa shape index (κ3) is 3.28. The van der Waals surface area contributed by atoms with Gasteiger partial charge in [-0.15, -0.1) is 11.8 Å². The molecule has 18 heavy (non-hydrogen) atoms. The van der Waals surface area contributed by atoms with Gasteiger partial charge in [-0.3, -0.25) is 0 Å². The third-order valence-electron chi connectivity index (χ3n) is 2.32. The van der Waals surface area contributed by atoms with E-state index in [2.05, 4.69) is 9.97 Å². The first-order valence-corrected chi connectivity index (χ1v) is 6.93. The normalized spacial score (nSPS) is 10.6. The second-order valence-electron chi connectivity index (χ2n) is 3.74. The van der Waals surface area contributed by atoms with E-state index in [0.29, 0.717) is 15.8 Å². The topological polar surface area (TPSA) is 45.8 Å². The van der Waals surface area contributed by atoms with Crippen LogP contribution >= 0.6 is 35.0 Å². The van der Waals surface area contributed by atoms with Crippen molar-refractivity contribution in [3.05, 3.63) is 56.1 Å². The molecule has 2 aromatic rings. The highest BCUT2D eigenvalue weighted by Crippen LogP contribution is 2.27. The van der Waals surface area contributed by atoms with Crippen molar-refractivity contribution in [2.24, 2.45) is 0 Å². The smallest absolute Gasteiger partial charge is 0.300 e. The van der Waals surface area contributed by atoms with Gasteiger partial charge in [0.1, 0.15) is 0 Å². The lowest BCUT2D eigenvalue weighted by molar-refractivity contribution is 0.946. The van der Waals surface area contributed by atoms with Gasteiger partial charge in [-0.05, 0) is 30.2 Å². The Hall–Kier alpha value is -0.970. The van der Waals surface area contributed by atoms with E-state index >= 15 is 0 Å². The van der Waals surface area contributed by atoms with E-state index in [-0.39, 0.29) is 5.69 Å². The van der Waals surface area contributed by atoms with Crippen molar-refractivity contribution < 1.29 is 0 Å². The zero-order chi connectivity index (χ0) is 13.1. The van der Waals surface area contributed by atoms with E-state index in [1.807, 2.05) is 19.1 Å². The summed E-state index contributed by atoms with van der Waals surface area (Å²) >= 11 is 13.3. The molecule has 0 saturated carbocycles. The second-order valence-corrected chi connectivity index (χ2v) is 5.54. The van der Waals surface area contributed by atoms with Crippen LogP contribution in [-0.2, 0) is 5.75 Å². The van der Waals surface area contributed by atoms with Gasteiger partial charge in [0.25, 0.3) is 0 Å². The van der Waals surface area contributed by atoms with Gasteiger partial charge < -0.3 is 4.98 Å². The molecule has 1 aromatic heterocycles. The van der Waals surface area contributed by atoms with Crippen LogP contribution in [0.1, 0.15) is 11.1 Å². The number of aryl methyl sites for hydroxylation is 1. The van der Waals surface area contributed by atoms with Crippen molar-refractivity contribution in [1.82, 2.24) is 9.97 Å². The Kier molecular flexibility index (Phi) is 4.32. The SMILES string of the molecule is Cc1cnc(=O)[nH]c1SCc1ccc(Cl)c(Cl)c1. The van der Waals surface area contributed by atoms with Crippen LogP contribution in [0.3, 0.4) is 0 Å². The molecular formula is C12H10Cl2N2OS. The first-order valence-electron chi connectivity index (χ1n) is 5.19. The van der Waals surface area contributed by atoms with Crippen molar-refractivity contribution in [2.75, 3.05) is 0 Å². The Labute approximate surface area is 119 Å². The number of nitrogens with one attached hydrogen (secondary N) is 1. The summed E-state index contributed by atoms with van der Waals surface area (Å²) in [5.74, 6) is 0.706. The molecule has 0 saturated heterocycles. The molecular weight excluding hydrogens is 291 g/mol. The molecule has 94 valence electrons. The van der Waals surface area contributed by atoms with Gasteiger partial charge in [0, 0.05) is 11.9 Å². The van der Waals surface area contributed by atoms with Gasteiger partial charge in [-0.1, -0.05) is 29.3 Å². The standard InChI is InChI=1S/C12H10Cl2N2OS/c1-7-5-15-12(17)16-11(7)18-6-8-2-3-9(13)10(14)4-8/h2-5H,6H2,1H3,(H,15,16,17). The fourth-order valence-electron chi connectivity index (χ4n) is 1.38. The molecule has 0 aliphatic heterocycles. The zero-order valence-corrected chi connectivity index (χ0v) is 11.9. The largest absolute Gasteiger partial charge is 0.345 e. The number of nitrogens with zero attached hydrogens (tertiary/aromatic N) is 1. The van der Waals surface area contributed by atoms with Crippen molar-refractivity contribution >= 4 is 35.0 Å². The number of benzene rings is 1. The van der Waals surface area contributed by atoms with Gasteiger partial charge in [0.05, 0.1) is 15.1 Å². The maximum Gasteiger partial charge on any atom is 0.345 e. The highest BCUT2D eigenvalue weighted by atomic mass is 35.5. The number of aromatic nitrogens is 2. The van der Waals surface area contributed by atoms with Gasteiger partial charge in [0.15, 0.2) is 0 Å². The Morgan fingerprint density at radius 2 is 2.11 bits per heavy atom. The van der Waals surface area contributed by atoms with Gasteiger partial charge in [-0.25, -0.2) is 9.78 Å². The summed E-state index contributed by atoms with van der Waals surface area (Å²) < 4.78 is 0. The van der Waals surface area contributed by atoms with Crippen LogP contribution in [0.15, 0.2) is 34.2 Å². The van der Waals surface area contributed by atoms with Crippen LogP contribution < -0.4 is 5.69 Å². The molecule has 1 N–H and O–H groups in total. The molecule has 6 heteroatoms. The maximum atomic E-state index is 11.1. The van der Waals surface area contributed by atoms with Gasteiger partial charge in [-0.2, -0.15) is 0 Å². The van der Waals surface area contributed by atoms with Crippen LogP contribution in [0, 0.1) is 6.92 Å². The lowest BCUT2D eigenvalue weighted by atomic mass is 10.2. The van der Waals surface area contributed by atoms with E-state index in [4.69, 9.17) is 23.2 Å². The summed E-state index contributed by atoms with van der Waals surface area (Å²) in [7, 11) is 0. The molecule has 0 aliphatic rings. The summed E-state index contributed by atoms with van der Waals surface area (Å²) in [6.07, 6.45) is 1.57. The van der Waals surface area contributed by atoms with Crippen molar-refractivity contribution in [3.8, 4) is 0 Å². The van der Waals surface area contributed by atoms with Crippen molar-refractivity contribution in [2.45, 2.75) is 17.7 Å². The molecule has 0 amide bonds. The van der Waals surface area contributed by atoms with Crippen LogP contribution in [0.2, 0.25) is 10.0 Å². The predicted octanol–water partition coefficient (Wildman–Crippen LogP) is 3.68. The lowest BCUT2D eigenvalue weighted by Gasteiger charge is -2.05. The summed E-state index contributed by atoms with van der Waals surface area (Å²) in [6, 6.07) is 5.50. The summed E-state index contributed by atoms with van der Waals surface area (Å²) in [6.45, 7) is 1.90. The summed E-state index contributed by atoms with van der Waals surface area (Å²) in [4.78, 5) is 17.5. The summed E-state index contributed by atoms with van der Waals surface area (Å²) in [5.41, 5.74) is 1.66. The number of rotatable bonds is 3. The number of hydrogen-bond acceptors (Lipinski definition) is 3. The van der Waals surface area contributed by atoms with E-state index in [9.17, 15) is 4.79 Å². The molecule has 0 radical (unpaired) electrons. The first kappa shape index (κ1) is 13.5. The lowest BCUT2D eigenvalue weighted by Crippen LogP contribution is -2.10. The fraction of sp³-hybridized carbons (Fsp3) is 0.167. The quantitative estimate of drug-likeness (QED) is 0.695. The highest BCUT2D eigenvalue weighted by molar-refractivity contribution is 7.98. The zero-order valence-electron chi connectivity index (χ0n) is 9.54. The van der Waals surface area contributed by atoms with Gasteiger partial charge >= 0.3 is 5.69 Å². The predicted molar refractivity (Wildman–Crippen MR) is 75.6 cm³/mol. The Balaban J connectivity index is 2.13. The molecule has 1 aromatic carbocycles. The fourth-order valence-corrected chi connectivity index (χ4v) is 2.63. The minimum atomic E-state index is -0.336. The Morgan fingerprint density at radius 3 is 2.83 bits per heavy atom. The third-order valence-corrected chi connectivity index (χ3v) is 4.25. The van der Waals surface area contributed by atoms with E-state index in [0.717, 1.165) is 16.2 Å². The first-order chi connectivity index (χ1) is 8.56. The molecule has 1 heterocycles. The average molecular weight is 301 g/mol. The average Bonchev–Trinajstić information content (AvgIpc) is 2.34. The van der Waals surface area contributed by atoms with Crippen molar-refractivity contribution in [1.29, 1.82) is 0 Å². The summed E-state index contributed by atoms with van der Waals surface area (Å²) in [5, 5.41) is 1.90. The second kappa shape index (κ2) is 5.78. The van der Waals surface area contributed by atoms with Crippen molar-refractivity contribution in [3.63, 3.8) is 0 Å². The van der Waals surface area contributed by atoms with Crippen LogP contribution in [0.25, 0.3) is 0 Å². The number of H-pyrrole nitrogens is 1. The van der Waals surface area contributed by atoms with Crippen LogP contribution in [0.5, 0.6) is 0 Å². The molecule has 0 atom stereocenters. The Bertz CT molecular complexity index is 628. The highest BCUT2D eigenvalue weighted by Gasteiger charge is 2.04. The van der Waals surface area contributed by atoms with E-state index < -0.39 is 0 Å². The van der Waals surface area contributed by atoms with Crippen LogP contribution in [0.4, 0.5) is 0 Å². The maximum absolute atomic E-state index is 11.1. The molecule has 3 nitrogen and oxygen atoms in total. The number of aromatic amines is 1. The van der Waals surface area contributed by atoms with Gasteiger partial charge in [0.2, 0.25) is 0 Å². The van der Waals surface area contributed by atoms with Crippen LogP contribution in [-0.4, -0.2) is 9.97 Å². The minimum absolute atomic E-state index is 0.336. The van der Waals surface area contributed by atoms with E-state index in [1.54, 1.807) is 12.3 Å². The number of hydrogen-bond donors (Lipinski definition) is 1. The Morgan fingerprint density at radius 1 is 1.33 bits per heavy atom. The molecule has 2 rings (SSSR count).